The van der Waals surface area contributed by atoms with Crippen LogP contribution in [0.5, 0.6) is 0 Å². The first kappa shape index (κ1) is 11.6. The molecule has 0 spiro atoms. The van der Waals surface area contributed by atoms with Crippen molar-refractivity contribution < 1.29 is 9.90 Å². The van der Waals surface area contributed by atoms with Gasteiger partial charge in [0.05, 0.1) is 6.61 Å². The van der Waals surface area contributed by atoms with E-state index in [-0.39, 0.29) is 12.5 Å². The van der Waals surface area contributed by atoms with Crippen LogP contribution in [0, 0.1) is 0 Å². The topological polar surface area (TPSA) is 66.3 Å². The zero-order chi connectivity index (χ0) is 12.5. The lowest BCUT2D eigenvalue weighted by molar-refractivity contribution is 0.0701. The van der Waals surface area contributed by atoms with Crippen LogP contribution >= 0.6 is 0 Å². The van der Waals surface area contributed by atoms with Crippen LogP contribution in [0.1, 0.15) is 47.9 Å². The summed E-state index contributed by atoms with van der Waals surface area (Å²) < 4.78 is 0. The molecular formula is C13H17N3O2. The third-order valence-corrected chi connectivity index (χ3v) is 3.43. The average molecular weight is 247 g/mol. The number of amides is 1. The molecule has 0 unspecified atom stereocenters. The Morgan fingerprint density at radius 1 is 1.39 bits per heavy atom. The molecule has 1 aromatic heterocycles. The summed E-state index contributed by atoms with van der Waals surface area (Å²) in [5.74, 6) is 1.17. The second-order valence-electron chi connectivity index (χ2n) is 5.03. The van der Waals surface area contributed by atoms with E-state index in [0.29, 0.717) is 24.2 Å². The van der Waals surface area contributed by atoms with E-state index in [0.717, 1.165) is 31.5 Å². The summed E-state index contributed by atoms with van der Waals surface area (Å²) in [6.07, 6.45) is 5.98. The fraction of sp³-hybridized carbons (Fsp3) is 0.615. The first-order valence-corrected chi connectivity index (χ1v) is 6.54. The summed E-state index contributed by atoms with van der Waals surface area (Å²) in [4.78, 5) is 22.7. The SMILES string of the molecule is O=C(c1ccnc(C2CC2)n1)N(CCO)C1CC1. The van der Waals surface area contributed by atoms with E-state index < -0.39 is 0 Å². The van der Waals surface area contributed by atoms with E-state index in [1.807, 2.05) is 0 Å². The van der Waals surface area contributed by atoms with E-state index in [1.54, 1.807) is 17.2 Å². The number of carbonyl (C=O) groups excluding carboxylic acids is 1. The molecule has 0 saturated heterocycles. The molecule has 96 valence electrons. The van der Waals surface area contributed by atoms with Gasteiger partial charge in [0.2, 0.25) is 0 Å². The third kappa shape index (κ3) is 2.36. The van der Waals surface area contributed by atoms with Crippen molar-refractivity contribution in [2.75, 3.05) is 13.2 Å². The van der Waals surface area contributed by atoms with Gasteiger partial charge < -0.3 is 10.0 Å². The minimum absolute atomic E-state index is 0.00278. The lowest BCUT2D eigenvalue weighted by Crippen LogP contribution is -2.36. The molecule has 5 heteroatoms. The molecule has 1 heterocycles. The van der Waals surface area contributed by atoms with Gasteiger partial charge in [-0.3, -0.25) is 4.79 Å². The Labute approximate surface area is 106 Å². The molecule has 2 saturated carbocycles. The summed E-state index contributed by atoms with van der Waals surface area (Å²) in [6, 6.07) is 1.96. The highest BCUT2D eigenvalue weighted by Gasteiger charge is 2.34. The van der Waals surface area contributed by atoms with E-state index >= 15 is 0 Å². The molecule has 3 rings (SSSR count). The highest BCUT2D eigenvalue weighted by atomic mass is 16.3. The maximum absolute atomic E-state index is 12.3. The molecule has 2 aliphatic rings. The van der Waals surface area contributed by atoms with Crippen molar-refractivity contribution in [3.63, 3.8) is 0 Å². The lowest BCUT2D eigenvalue weighted by atomic mass is 10.3. The molecule has 0 aliphatic heterocycles. The van der Waals surface area contributed by atoms with Crippen LogP contribution in [0.15, 0.2) is 12.3 Å². The Kier molecular flexibility index (Phi) is 2.99. The summed E-state index contributed by atoms with van der Waals surface area (Å²) in [5.41, 5.74) is 0.465. The second-order valence-corrected chi connectivity index (χ2v) is 5.03. The van der Waals surface area contributed by atoms with Crippen LogP contribution in [0.4, 0.5) is 0 Å². The molecule has 5 nitrogen and oxygen atoms in total. The summed E-state index contributed by atoms with van der Waals surface area (Å²) >= 11 is 0. The molecule has 18 heavy (non-hydrogen) atoms. The summed E-state index contributed by atoms with van der Waals surface area (Å²) in [7, 11) is 0. The van der Waals surface area contributed by atoms with E-state index in [2.05, 4.69) is 9.97 Å². The standard InChI is InChI=1S/C13H17N3O2/c17-8-7-16(10-3-4-10)13(18)11-5-6-14-12(15-11)9-1-2-9/h5-6,9-10,17H,1-4,7-8H2. The van der Waals surface area contributed by atoms with E-state index in [9.17, 15) is 4.79 Å². The maximum Gasteiger partial charge on any atom is 0.272 e. The molecule has 1 aromatic rings. The van der Waals surface area contributed by atoms with Gasteiger partial charge in [0.1, 0.15) is 11.5 Å². The lowest BCUT2D eigenvalue weighted by Gasteiger charge is -2.20. The van der Waals surface area contributed by atoms with Crippen LogP contribution in [0.2, 0.25) is 0 Å². The fourth-order valence-electron chi connectivity index (χ4n) is 2.12. The van der Waals surface area contributed by atoms with Gasteiger partial charge in [-0.25, -0.2) is 9.97 Å². The first-order valence-electron chi connectivity index (χ1n) is 6.54. The zero-order valence-electron chi connectivity index (χ0n) is 10.2. The third-order valence-electron chi connectivity index (χ3n) is 3.43. The minimum Gasteiger partial charge on any atom is -0.395 e. The number of aliphatic hydroxyl groups is 1. The Hall–Kier alpha value is -1.49. The van der Waals surface area contributed by atoms with Gasteiger partial charge in [0.15, 0.2) is 0 Å². The van der Waals surface area contributed by atoms with Gasteiger partial charge in [-0.1, -0.05) is 0 Å². The van der Waals surface area contributed by atoms with Crippen molar-refractivity contribution in [2.45, 2.75) is 37.6 Å². The van der Waals surface area contributed by atoms with Crippen molar-refractivity contribution >= 4 is 5.91 Å². The number of carbonyl (C=O) groups is 1. The summed E-state index contributed by atoms with van der Waals surface area (Å²) in [5, 5.41) is 9.04. The van der Waals surface area contributed by atoms with Crippen LogP contribution in [-0.4, -0.2) is 45.1 Å². The number of aromatic nitrogens is 2. The molecule has 0 bridgehead atoms. The molecular weight excluding hydrogens is 230 g/mol. The van der Waals surface area contributed by atoms with Crippen molar-refractivity contribution in [3.05, 3.63) is 23.8 Å². The highest BCUT2D eigenvalue weighted by molar-refractivity contribution is 5.92. The summed E-state index contributed by atoms with van der Waals surface area (Å²) in [6.45, 7) is 0.398. The molecule has 1 N–H and O–H groups in total. The largest absolute Gasteiger partial charge is 0.395 e. The van der Waals surface area contributed by atoms with Gasteiger partial charge >= 0.3 is 0 Å². The normalized spacial score (nSPS) is 18.7. The Morgan fingerprint density at radius 3 is 2.78 bits per heavy atom. The number of hydrogen-bond acceptors (Lipinski definition) is 4. The first-order chi connectivity index (χ1) is 8.79. The predicted octanol–water partition coefficient (Wildman–Crippen LogP) is 0.951. The van der Waals surface area contributed by atoms with E-state index in [1.165, 1.54) is 0 Å². The Balaban J connectivity index is 1.79. The molecule has 2 aliphatic carbocycles. The van der Waals surface area contributed by atoms with Gasteiger partial charge in [0.25, 0.3) is 5.91 Å². The van der Waals surface area contributed by atoms with Gasteiger partial charge in [0, 0.05) is 24.7 Å². The molecule has 0 radical (unpaired) electrons. The van der Waals surface area contributed by atoms with Crippen LogP contribution in [0.25, 0.3) is 0 Å². The highest BCUT2D eigenvalue weighted by Crippen LogP contribution is 2.37. The van der Waals surface area contributed by atoms with Gasteiger partial charge in [-0.2, -0.15) is 0 Å². The number of hydrogen-bond donors (Lipinski definition) is 1. The zero-order valence-corrected chi connectivity index (χ0v) is 10.2. The minimum atomic E-state index is -0.0733. The monoisotopic (exact) mass is 247 g/mol. The number of aliphatic hydroxyl groups excluding tert-OH is 1. The average Bonchev–Trinajstić information content (AvgIpc) is 3.28. The Morgan fingerprint density at radius 2 is 2.17 bits per heavy atom. The van der Waals surface area contributed by atoms with Crippen molar-refractivity contribution in [2.24, 2.45) is 0 Å². The molecule has 1 amide bonds. The van der Waals surface area contributed by atoms with Crippen LogP contribution in [0.3, 0.4) is 0 Å². The number of rotatable bonds is 5. The Bertz CT molecular complexity index is 455. The van der Waals surface area contributed by atoms with Crippen LogP contribution in [-0.2, 0) is 0 Å². The second kappa shape index (κ2) is 4.65. The van der Waals surface area contributed by atoms with Crippen molar-refractivity contribution in [1.82, 2.24) is 14.9 Å². The van der Waals surface area contributed by atoms with Crippen molar-refractivity contribution in [1.29, 1.82) is 0 Å². The molecule has 0 atom stereocenters. The van der Waals surface area contributed by atoms with Gasteiger partial charge in [-0.05, 0) is 31.7 Å². The maximum atomic E-state index is 12.3. The molecule has 2 fully saturated rings. The van der Waals surface area contributed by atoms with Gasteiger partial charge in [-0.15, -0.1) is 0 Å². The van der Waals surface area contributed by atoms with E-state index in [4.69, 9.17) is 5.11 Å². The number of nitrogens with zero attached hydrogens (tertiary/aromatic N) is 3. The quantitative estimate of drug-likeness (QED) is 0.841. The predicted molar refractivity (Wildman–Crippen MR) is 65.2 cm³/mol. The van der Waals surface area contributed by atoms with Crippen molar-refractivity contribution in [3.8, 4) is 0 Å². The smallest absolute Gasteiger partial charge is 0.272 e. The molecule has 0 aromatic carbocycles. The fourth-order valence-corrected chi connectivity index (χ4v) is 2.12. The van der Waals surface area contributed by atoms with Crippen LogP contribution < -0.4 is 0 Å².